The van der Waals surface area contributed by atoms with Gasteiger partial charge in [-0.25, -0.2) is 9.67 Å². The average molecular weight is 328 g/mol. The van der Waals surface area contributed by atoms with E-state index in [0.717, 1.165) is 45.0 Å². The zero-order valence-corrected chi connectivity index (χ0v) is 14.0. The Hall–Kier alpha value is -2.41. The van der Waals surface area contributed by atoms with Crippen molar-refractivity contribution < 1.29 is 4.74 Å². The summed E-state index contributed by atoms with van der Waals surface area (Å²) in [7, 11) is 1.78. The molecule has 7 heteroatoms. The molecule has 0 amide bonds. The maximum absolute atomic E-state index is 5.62. The molecule has 1 atom stereocenters. The Kier molecular flexibility index (Phi) is 5.79. The maximum atomic E-state index is 5.62. The minimum Gasteiger partial charge on any atom is -0.376 e. The van der Waals surface area contributed by atoms with Gasteiger partial charge in [0.05, 0.1) is 12.6 Å². The molecule has 0 bridgehead atoms. The van der Waals surface area contributed by atoms with E-state index < -0.39 is 0 Å². The molecule has 3 rings (SSSR count). The summed E-state index contributed by atoms with van der Waals surface area (Å²) in [5.74, 6) is 0.798. The van der Waals surface area contributed by atoms with E-state index in [1.807, 2.05) is 4.68 Å². The molecular weight excluding hydrogens is 304 g/mol. The van der Waals surface area contributed by atoms with Crippen LogP contribution in [0.25, 0.3) is 0 Å². The molecule has 2 aromatic rings. The Morgan fingerprint density at radius 2 is 2.29 bits per heavy atom. The molecule has 128 valence electrons. The van der Waals surface area contributed by atoms with E-state index in [0.29, 0.717) is 6.10 Å². The predicted octanol–water partition coefficient (Wildman–Crippen LogP) is 1.17. The van der Waals surface area contributed by atoms with Gasteiger partial charge in [-0.2, -0.15) is 5.10 Å². The van der Waals surface area contributed by atoms with Crippen LogP contribution in [0.4, 0.5) is 0 Å². The van der Waals surface area contributed by atoms with E-state index in [1.165, 1.54) is 11.1 Å². The molecule has 1 unspecified atom stereocenters. The summed E-state index contributed by atoms with van der Waals surface area (Å²) in [5.41, 5.74) is 2.40. The van der Waals surface area contributed by atoms with Crippen LogP contribution in [0, 0.1) is 0 Å². The van der Waals surface area contributed by atoms with Crippen molar-refractivity contribution in [2.24, 2.45) is 4.99 Å². The van der Waals surface area contributed by atoms with Gasteiger partial charge in [0.2, 0.25) is 0 Å². The van der Waals surface area contributed by atoms with Gasteiger partial charge >= 0.3 is 0 Å². The van der Waals surface area contributed by atoms with Crippen LogP contribution in [0.5, 0.6) is 0 Å². The summed E-state index contributed by atoms with van der Waals surface area (Å²) in [6.45, 7) is 3.11. The zero-order chi connectivity index (χ0) is 16.6. The predicted molar refractivity (Wildman–Crippen MR) is 92.7 cm³/mol. The smallest absolute Gasteiger partial charge is 0.191 e. The van der Waals surface area contributed by atoms with E-state index in [9.17, 15) is 0 Å². The molecule has 0 saturated carbocycles. The minimum absolute atomic E-state index is 0.301. The second kappa shape index (κ2) is 8.44. The van der Waals surface area contributed by atoms with Crippen molar-refractivity contribution >= 4 is 5.96 Å². The van der Waals surface area contributed by atoms with Crippen LogP contribution < -0.4 is 10.6 Å². The van der Waals surface area contributed by atoms with Crippen LogP contribution >= 0.6 is 0 Å². The highest BCUT2D eigenvalue weighted by atomic mass is 16.5. The van der Waals surface area contributed by atoms with Crippen molar-refractivity contribution in [2.75, 3.05) is 20.2 Å². The average Bonchev–Trinajstić information content (AvgIpc) is 3.29. The number of ether oxygens (including phenoxy) is 1. The van der Waals surface area contributed by atoms with Gasteiger partial charge in [0.1, 0.15) is 12.7 Å². The summed E-state index contributed by atoms with van der Waals surface area (Å²) in [4.78, 5) is 8.23. The van der Waals surface area contributed by atoms with Gasteiger partial charge in [-0.1, -0.05) is 24.3 Å². The Balaban J connectivity index is 1.49. The van der Waals surface area contributed by atoms with E-state index in [-0.39, 0.29) is 0 Å². The third-order valence-electron chi connectivity index (χ3n) is 4.01. The van der Waals surface area contributed by atoms with E-state index >= 15 is 0 Å². The second-order valence-corrected chi connectivity index (χ2v) is 5.85. The highest BCUT2D eigenvalue weighted by Crippen LogP contribution is 2.10. The first kappa shape index (κ1) is 16.4. The molecule has 0 aliphatic carbocycles. The second-order valence-electron chi connectivity index (χ2n) is 5.85. The van der Waals surface area contributed by atoms with Gasteiger partial charge in [-0.15, -0.1) is 0 Å². The highest BCUT2D eigenvalue weighted by molar-refractivity contribution is 5.79. The van der Waals surface area contributed by atoms with Crippen LogP contribution in [0.2, 0.25) is 0 Å². The zero-order valence-electron chi connectivity index (χ0n) is 14.0. The lowest BCUT2D eigenvalue weighted by molar-refractivity contribution is 0.114. The van der Waals surface area contributed by atoms with Crippen molar-refractivity contribution in [2.45, 2.75) is 32.0 Å². The molecule has 24 heavy (non-hydrogen) atoms. The Morgan fingerprint density at radius 1 is 1.38 bits per heavy atom. The van der Waals surface area contributed by atoms with Crippen molar-refractivity contribution in [3.05, 3.63) is 48.0 Å². The third-order valence-corrected chi connectivity index (χ3v) is 4.01. The van der Waals surface area contributed by atoms with E-state index in [4.69, 9.17) is 4.74 Å². The SMILES string of the molecule is CN=C(NCc1cccc(Cn2cncn2)c1)NCC1CCCO1. The lowest BCUT2D eigenvalue weighted by atomic mass is 10.1. The largest absolute Gasteiger partial charge is 0.376 e. The molecular formula is C17H24N6O. The van der Waals surface area contributed by atoms with Crippen LogP contribution in [0.15, 0.2) is 41.9 Å². The number of rotatable bonds is 6. The number of benzene rings is 1. The van der Waals surface area contributed by atoms with Crippen LogP contribution in [0.1, 0.15) is 24.0 Å². The van der Waals surface area contributed by atoms with Crippen molar-refractivity contribution in [1.29, 1.82) is 0 Å². The Labute approximate surface area is 142 Å². The normalized spacial score (nSPS) is 17.9. The van der Waals surface area contributed by atoms with Crippen molar-refractivity contribution in [3.8, 4) is 0 Å². The van der Waals surface area contributed by atoms with Crippen LogP contribution in [-0.2, 0) is 17.8 Å². The summed E-state index contributed by atoms with van der Waals surface area (Å²) in [5, 5.41) is 10.8. The topological polar surface area (TPSA) is 76.4 Å². The highest BCUT2D eigenvalue weighted by Gasteiger charge is 2.15. The molecule has 1 fully saturated rings. The molecule has 2 N–H and O–H groups in total. The summed E-state index contributed by atoms with van der Waals surface area (Å²) < 4.78 is 7.43. The van der Waals surface area contributed by atoms with Crippen molar-refractivity contribution in [1.82, 2.24) is 25.4 Å². The van der Waals surface area contributed by atoms with Crippen molar-refractivity contribution in [3.63, 3.8) is 0 Å². The molecule has 1 aromatic heterocycles. The van der Waals surface area contributed by atoms with E-state index in [1.54, 1.807) is 19.7 Å². The Bertz CT molecular complexity index is 649. The van der Waals surface area contributed by atoms with Gasteiger partial charge in [-0.05, 0) is 24.0 Å². The molecule has 1 aliphatic rings. The first-order valence-electron chi connectivity index (χ1n) is 8.30. The number of nitrogens with zero attached hydrogens (tertiary/aromatic N) is 4. The fourth-order valence-corrected chi connectivity index (χ4v) is 2.76. The summed E-state index contributed by atoms with van der Waals surface area (Å²) in [6, 6.07) is 8.43. The minimum atomic E-state index is 0.301. The number of nitrogens with one attached hydrogen (secondary N) is 2. The number of hydrogen-bond acceptors (Lipinski definition) is 4. The van der Waals surface area contributed by atoms with Gasteiger partial charge in [0.15, 0.2) is 5.96 Å². The van der Waals surface area contributed by atoms with Gasteiger partial charge in [0, 0.05) is 26.7 Å². The van der Waals surface area contributed by atoms with Crippen LogP contribution in [-0.4, -0.2) is 47.0 Å². The molecule has 1 saturated heterocycles. The molecule has 2 heterocycles. The molecule has 0 radical (unpaired) electrons. The number of hydrogen-bond donors (Lipinski definition) is 2. The first-order valence-corrected chi connectivity index (χ1v) is 8.30. The first-order chi connectivity index (χ1) is 11.8. The van der Waals surface area contributed by atoms with Gasteiger partial charge in [0.25, 0.3) is 0 Å². The van der Waals surface area contributed by atoms with Crippen LogP contribution in [0.3, 0.4) is 0 Å². The van der Waals surface area contributed by atoms with Gasteiger partial charge < -0.3 is 15.4 Å². The third kappa shape index (κ3) is 4.79. The number of guanidine groups is 1. The van der Waals surface area contributed by atoms with E-state index in [2.05, 4.69) is 50.0 Å². The molecule has 1 aromatic carbocycles. The molecule has 0 spiro atoms. The fourth-order valence-electron chi connectivity index (χ4n) is 2.76. The number of aromatic nitrogens is 3. The summed E-state index contributed by atoms with van der Waals surface area (Å²) >= 11 is 0. The number of aliphatic imine (C=N–C) groups is 1. The standard InChI is InChI=1S/C17H24N6O/c1-18-17(21-10-16-6-3-7-24-16)20-9-14-4-2-5-15(8-14)11-23-13-19-12-22-23/h2,4-5,8,12-13,16H,3,6-7,9-11H2,1H3,(H2,18,20,21). The molecule has 1 aliphatic heterocycles. The summed E-state index contributed by atoms with van der Waals surface area (Å²) in [6.07, 6.45) is 5.84. The fraction of sp³-hybridized carbons (Fsp3) is 0.471. The Morgan fingerprint density at radius 3 is 3.04 bits per heavy atom. The van der Waals surface area contributed by atoms with Gasteiger partial charge in [-0.3, -0.25) is 4.99 Å². The lowest BCUT2D eigenvalue weighted by Gasteiger charge is -2.15. The quantitative estimate of drug-likeness (QED) is 0.615. The lowest BCUT2D eigenvalue weighted by Crippen LogP contribution is -2.40. The maximum Gasteiger partial charge on any atom is 0.191 e. The molecule has 7 nitrogen and oxygen atoms in total. The monoisotopic (exact) mass is 328 g/mol.